The minimum atomic E-state index is -0.252. The minimum absolute atomic E-state index is 0.231. The number of hydrogen-bond donors (Lipinski definition) is 3. The van der Waals surface area contributed by atoms with Gasteiger partial charge >= 0.3 is 0 Å². The summed E-state index contributed by atoms with van der Waals surface area (Å²) in [5, 5.41) is 17.8. The van der Waals surface area contributed by atoms with Gasteiger partial charge in [-0.05, 0) is 79.2 Å². The van der Waals surface area contributed by atoms with Crippen LogP contribution in [0.2, 0.25) is 0 Å². The van der Waals surface area contributed by atoms with E-state index < -0.39 is 0 Å². The van der Waals surface area contributed by atoms with Crippen LogP contribution in [0.5, 0.6) is 17.2 Å². The molecule has 0 saturated carbocycles. The molecular formula is C25H24Br2N2O3. The van der Waals surface area contributed by atoms with Crippen LogP contribution in [0.4, 0.5) is 0 Å². The fourth-order valence-electron chi connectivity index (χ4n) is 3.77. The molecule has 0 bridgehead atoms. The van der Waals surface area contributed by atoms with E-state index in [0.29, 0.717) is 6.61 Å². The van der Waals surface area contributed by atoms with Gasteiger partial charge in [-0.3, -0.25) is 5.32 Å². The molecule has 2 atom stereocenters. The lowest BCUT2D eigenvalue weighted by molar-refractivity contribution is 0.340. The van der Waals surface area contributed by atoms with E-state index in [4.69, 9.17) is 9.47 Å². The molecule has 4 rings (SSSR count). The molecule has 166 valence electrons. The number of ether oxygens (including phenoxy) is 2. The van der Waals surface area contributed by atoms with Crippen LogP contribution in [-0.2, 0) is 0 Å². The quantitative estimate of drug-likeness (QED) is 0.331. The first-order chi connectivity index (χ1) is 15.5. The molecule has 2 unspecified atom stereocenters. The van der Waals surface area contributed by atoms with Crippen molar-refractivity contribution in [2.45, 2.75) is 19.1 Å². The van der Waals surface area contributed by atoms with Crippen molar-refractivity contribution < 1.29 is 14.6 Å². The van der Waals surface area contributed by atoms with Crippen LogP contribution in [0.25, 0.3) is 5.70 Å². The molecule has 0 aromatic heterocycles. The highest BCUT2D eigenvalue weighted by Gasteiger charge is 2.27. The summed E-state index contributed by atoms with van der Waals surface area (Å²) in [6.45, 7) is 2.59. The van der Waals surface area contributed by atoms with Gasteiger partial charge in [0.1, 0.15) is 23.4 Å². The molecule has 1 aliphatic heterocycles. The van der Waals surface area contributed by atoms with Gasteiger partial charge < -0.3 is 19.9 Å². The Kier molecular flexibility index (Phi) is 7.08. The zero-order valence-corrected chi connectivity index (χ0v) is 20.9. The Morgan fingerprint density at radius 2 is 1.62 bits per heavy atom. The largest absolute Gasteiger partial charge is 0.508 e. The van der Waals surface area contributed by atoms with Gasteiger partial charge in [0.25, 0.3) is 0 Å². The van der Waals surface area contributed by atoms with Crippen molar-refractivity contribution in [2.24, 2.45) is 0 Å². The van der Waals surface area contributed by atoms with E-state index in [0.717, 1.165) is 42.8 Å². The van der Waals surface area contributed by atoms with Crippen LogP contribution in [-0.4, -0.2) is 18.8 Å². The Bertz CT molecular complexity index is 1130. The molecule has 0 saturated heterocycles. The van der Waals surface area contributed by atoms with Gasteiger partial charge in [0.2, 0.25) is 0 Å². The van der Waals surface area contributed by atoms with Crippen molar-refractivity contribution in [3.8, 4) is 17.2 Å². The standard InChI is InChI=1S/C25H24Br2N2O3/c1-3-32-18-8-4-15(5-9-18)21-14-22(19-12-16(26)6-10-23(19)30)29-25(28-21)20-13-17(27)7-11-24(20)31-2/h4-14,22,25,28-30H,3H2,1-2H3. The molecule has 0 fully saturated rings. The van der Waals surface area contributed by atoms with Gasteiger partial charge in [-0.1, -0.05) is 31.9 Å². The maximum absolute atomic E-state index is 10.6. The van der Waals surface area contributed by atoms with Gasteiger partial charge in [-0.15, -0.1) is 0 Å². The second-order valence-electron chi connectivity index (χ2n) is 7.35. The van der Waals surface area contributed by atoms with Crippen molar-refractivity contribution in [2.75, 3.05) is 13.7 Å². The van der Waals surface area contributed by atoms with Crippen LogP contribution < -0.4 is 20.1 Å². The topological polar surface area (TPSA) is 62.8 Å². The summed E-state index contributed by atoms with van der Waals surface area (Å²) in [6.07, 6.45) is 1.83. The Morgan fingerprint density at radius 3 is 2.31 bits per heavy atom. The third-order valence-corrected chi connectivity index (χ3v) is 6.27. The van der Waals surface area contributed by atoms with Crippen molar-refractivity contribution in [1.82, 2.24) is 10.6 Å². The van der Waals surface area contributed by atoms with E-state index in [1.807, 2.05) is 61.5 Å². The molecular weight excluding hydrogens is 536 g/mol. The van der Waals surface area contributed by atoms with Gasteiger partial charge in [0.05, 0.1) is 19.8 Å². The number of nitrogens with one attached hydrogen (secondary N) is 2. The molecule has 0 amide bonds. The summed E-state index contributed by atoms with van der Waals surface area (Å²) in [5.74, 6) is 1.83. The molecule has 3 aromatic carbocycles. The van der Waals surface area contributed by atoms with Gasteiger partial charge in [-0.2, -0.15) is 0 Å². The molecule has 1 aliphatic rings. The number of benzene rings is 3. The fourth-order valence-corrected chi connectivity index (χ4v) is 4.53. The highest BCUT2D eigenvalue weighted by molar-refractivity contribution is 9.10. The molecule has 0 aliphatic carbocycles. The molecule has 5 nitrogen and oxygen atoms in total. The number of rotatable bonds is 6. The highest BCUT2D eigenvalue weighted by atomic mass is 79.9. The summed E-state index contributed by atoms with van der Waals surface area (Å²) in [4.78, 5) is 0. The van der Waals surface area contributed by atoms with E-state index in [-0.39, 0.29) is 18.0 Å². The third-order valence-electron chi connectivity index (χ3n) is 5.28. The lowest BCUT2D eigenvalue weighted by atomic mass is 9.97. The lowest BCUT2D eigenvalue weighted by Crippen LogP contribution is -2.39. The van der Waals surface area contributed by atoms with E-state index in [2.05, 4.69) is 48.6 Å². The number of phenolic OH excluding ortho intramolecular Hbond substituents is 1. The van der Waals surface area contributed by atoms with E-state index >= 15 is 0 Å². The summed E-state index contributed by atoms with van der Waals surface area (Å²) < 4.78 is 13.1. The Morgan fingerprint density at radius 1 is 0.938 bits per heavy atom. The maximum atomic E-state index is 10.6. The SMILES string of the molecule is CCOc1ccc(C2=CC(c3cc(Br)ccc3O)NC(c3cc(Br)ccc3OC)N2)cc1. The van der Waals surface area contributed by atoms with Crippen molar-refractivity contribution in [3.05, 3.63) is 92.4 Å². The molecule has 1 heterocycles. The predicted molar refractivity (Wildman–Crippen MR) is 134 cm³/mol. The molecule has 0 spiro atoms. The van der Waals surface area contributed by atoms with Crippen LogP contribution in [0, 0.1) is 0 Å². The number of methoxy groups -OCH3 is 1. The number of hydrogen-bond acceptors (Lipinski definition) is 5. The van der Waals surface area contributed by atoms with E-state index in [1.165, 1.54) is 0 Å². The summed E-state index contributed by atoms with van der Waals surface area (Å²) in [7, 11) is 1.66. The Hall–Kier alpha value is -2.48. The first-order valence-electron chi connectivity index (χ1n) is 10.3. The normalized spacial score (nSPS) is 17.9. The number of aromatic hydroxyl groups is 1. The van der Waals surface area contributed by atoms with Crippen molar-refractivity contribution in [3.63, 3.8) is 0 Å². The third kappa shape index (κ3) is 4.95. The monoisotopic (exact) mass is 558 g/mol. The number of phenols is 1. The number of halogens is 2. The lowest BCUT2D eigenvalue weighted by Gasteiger charge is -2.34. The van der Waals surface area contributed by atoms with E-state index in [9.17, 15) is 5.11 Å². The van der Waals surface area contributed by atoms with Crippen molar-refractivity contribution in [1.29, 1.82) is 0 Å². The molecule has 7 heteroatoms. The Balaban J connectivity index is 1.78. The van der Waals surface area contributed by atoms with Crippen molar-refractivity contribution >= 4 is 37.6 Å². The molecule has 32 heavy (non-hydrogen) atoms. The predicted octanol–water partition coefficient (Wildman–Crippen LogP) is 6.30. The van der Waals surface area contributed by atoms with Crippen LogP contribution in [0.1, 0.15) is 35.8 Å². The fraction of sp³-hybridized carbons (Fsp3) is 0.200. The van der Waals surface area contributed by atoms with E-state index in [1.54, 1.807) is 13.2 Å². The summed E-state index contributed by atoms with van der Waals surface area (Å²) in [5.41, 5.74) is 3.71. The molecule has 3 aromatic rings. The second-order valence-corrected chi connectivity index (χ2v) is 9.18. The second kappa shape index (κ2) is 9.98. The first-order valence-corrected chi connectivity index (χ1v) is 11.9. The zero-order valence-electron chi connectivity index (χ0n) is 17.7. The van der Waals surface area contributed by atoms with Crippen LogP contribution in [0.3, 0.4) is 0 Å². The maximum Gasteiger partial charge on any atom is 0.125 e. The van der Waals surface area contributed by atoms with Crippen LogP contribution >= 0.6 is 31.9 Å². The summed E-state index contributed by atoms with van der Waals surface area (Å²) >= 11 is 7.09. The zero-order chi connectivity index (χ0) is 22.7. The minimum Gasteiger partial charge on any atom is -0.508 e. The first kappa shape index (κ1) is 22.7. The molecule has 3 N–H and O–H groups in total. The summed E-state index contributed by atoms with van der Waals surface area (Å²) in [6, 6.07) is 19.1. The van der Waals surface area contributed by atoms with Gasteiger partial charge in [0, 0.05) is 25.8 Å². The highest BCUT2D eigenvalue weighted by Crippen LogP contribution is 2.37. The van der Waals surface area contributed by atoms with Crippen LogP contribution in [0.15, 0.2) is 75.7 Å². The average Bonchev–Trinajstić information content (AvgIpc) is 2.81. The average molecular weight is 560 g/mol. The van der Waals surface area contributed by atoms with Gasteiger partial charge in [-0.25, -0.2) is 0 Å². The van der Waals surface area contributed by atoms with Gasteiger partial charge in [0.15, 0.2) is 0 Å². The Labute approximate surface area is 204 Å². The molecule has 0 radical (unpaired) electrons. The smallest absolute Gasteiger partial charge is 0.125 e.